The highest BCUT2D eigenvalue weighted by molar-refractivity contribution is 6.65. The minimum absolute atomic E-state index is 0.0377. The van der Waals surface area contributed by atoms with Gasteiger partial charge in [0.25, 0.3) is 0 Å². The number of nitrogens with zero attached hydrogens (tertiary/aromatic N) is 1. The van der Waals surface area contributed by atoms with Crippen molar-refractivity contribution in [3.05, 3.63) is 30.3 Å². The first-order valence-electron chi connectivity index (χ1n) is 4.26. The van der Waals surface area contributed by atoms with Crippen LogP contribution in [0, 0.1) is 0 Å². The zero-order valence-electron chi connectivity index (χ0n) is 7.82. The molecular weight excluding hydrogens is 237 g/mol. The van der Waals surface area contributed by atoms with Gasteiger partial charge in [-0.1, -0.05) is 18.2 Å². The Morgan fingerprint density at radius 1 is 1.00 bits per heavy atom. The molecule has 0 bridgehead atoms. The Morgan fingerprint density at radius 2 is 1.47 bits per heavy atom. The molecule has 0 aliphatic carbocycles. The van der Waals surface area contributed by atoms with E-state index in [1.807, 2.05) is 6.07 Å². The summed E-state index contributed by atoms with van der Waals surface area (Å²) in [7, 11) is 0. The lowest BCUT2D eigenvalue weighted by Gasteiger charge is -2.20. The molecular formula is C10H9Cl2NO2. The third kappa shape index (κ3) is 4.32. The van der Waals surface area contributed by atoms with Crippen LogP contribution >= 0.6 is 23.2 Å². The van der Waals surface area contributed by atoms with E-state index in [-0.39, 0.29) is 13.1 Å². The molecule has 15 heavy (non-hydrogen) atoms. The van der Waals surface area contributed by atoms with Crippen molar-refractivity contribution in [1.29, 1.82) is 0 Å². The maximum atomic E-state index is 10.8. The third-order valence-electron chi connectivity index (χ3n) is 1.75. The van der Waals surface area contributed by atoms with E-state index in [0.717, 1.165) is 5.69 Å². The molecule has 0 spiro atoms. The topological polar surface area (TPSA) is 37.4 Å². The number of carbonyl (C=O) groups is 2. The van der Waals surface area contributed by atoms with Gasteiger partial charge in [0.05, 0.1) is 13.1 Å². The van der Waals surface area contributed by atoms with Crippen LogP contribution in [0.25, 0.3) is 0 Å². The highest BCUT2D eigenvalue weighted by Crippen LogP contribution is 2.13. The van der Waals surface area contributed by atoms with Crippen LogP contribution in [-0.2, 0) is 9.59 Å². The molecule has 0 aliphatic heterocycles. The summed E-state index contributed by atoms with van der Waals surface area (Å²) < 4.78 is 0. The molecule has 0 aromatic heterocycles. The van der Waals surface area contributed by atoms with Gasteiger partial charge in [0.15, 0.2) is 0 Å². The molecule has 5 heteroatoms. The number of para-hydroxylation sites is 1. The molecule has 1 aromatic rings. The molecule has 3 nitrogen and oxygen atoms in total. The predicted octanol–water partition coefficient (Wildman–Crippen LogP) is 2.02. The van der Waals surface area contributed by atoms with Crippen molar-refractivity contribution in [3.63, 3.8) is 0 Å². The second-order valence-electron chi connectivity index (χ2n) is 2.90. The number of hydrogen-bond acceptors (Lipinski definition) is 3. The molecule has 0 radical (unpaired) electrons. The fourth-order valence-corrected chi connectivity index (χ4v) is 1.47. The number of hydrogen-bond donors (Lipinski definition) is 0. The number of anilines is 1. The first-order valence-corrected chi connectivity index (χ1v) is 5.02. The Bertz CT molecular complexity index is 338. The van der Waals surface area contributed by atoms with Gasteiger partial charge in [0.2, 0.25) is 10.5 Å². The van der Waals surface area contributed by atoms with Gasteiger partial charge in [-0.25, -0.2) is 0 Å². The average Bonchev–Trinajstić information content (AvgIpc) is 2.17. The fourth-order valence-electron chi connectivity index (χ4n) is 1.18. The van der Waals surface area contributed by atoms with Crippen LogP contribution in [0.3, 0.4) is 0 Å². The first kappa shape index (κ1) is 12.0. The van der Waals surface area contributed by atoms with E-state index >= 15 is 0 Å². The van der Waals surface area contributed by atoms with Gasteiger partial charge < -0.3 is 4.90 Å². The minimum atomic E-state index is -0.531. The summed E-state index contributed by atoms with van der Waals surface area (Å²) in [6.45, 7) is -0.0753. The summed E-state index contributed by atoms with van der Waals surface area (Å²) in [5.74, 6) is 0. The van der Waals surface area contributed by atoms with E-state index < -0.39 is 10.5 Å². The van der Waals surface area contributed by atoms with E-state index in [9.17, 15) is 9.59 Å². The van der Waals surface area contributed by atoms with Crippen molar-refractivity contribution < 1.29 is 9.59 Å². The lowest BCUT2D eigenvalue weighted by atomic mass is 10.3. The smallest absolute Gasteiger partial charge is 0.240 e. The Hall–Kier alpha value is -1.06. The van der Waals surface area contributed by atoms with E-state index in [1.165, 1.54) is 4.90 Å². The first-order chi connectivity index (χ1) is 7.09. The molecule has 0 heterocycles. The Balaban J connectivity index is 2.81. The molecule has 0 saturated carbocycles. The molecule has 0 unspecified atom stereocenters. The van der Waals surface area contributed by atoms with E-state index in [2.05, 4.69) is 0 Å². The SMILES string of the molecule is O=C(Cl)CN(CC(=O)Cl)c1ccccc1. The van der Waals surface area contributed by atoms with Crippen molar-refractivity contribution >= 4 is 39.4 Å². The Labute approximate surface area is 97.6 Å². The average molecular weight is 246 g/mol. The summed E-state index contributed by atoms with van der Waals surface area (Å²) >= 11 is 10.5. The summed E-state index contributed by atoms with van der Waals surface area (Å²) in [6, 6.07) is 9.01. The van der Waals surface area contributed by atoms with Crippen LogP contribution in [-0.4, -0.2) is 23.6 Å². The van der Waals surface area contributed by atoms with Crippen LogP contribution in [0.2, 0.25) is 0 Å². The minimum Gasteiger partial charge on any atom is -0.354 e. The van der Waals surface area contributed by atoms with Gasteiger partial charge >= 0.3 is 0 Å². The van der Waals surface area contributed by atoms with Crippen LogP contribution in [0.1, 0.15) is 0 Å². The monoisotopic (exact) mass is 245 g/mol. The van der Waals surface area contributed by atoms with Crippen LogP contribution in [0.4, 0.5) is 5.69 Å². The van der Waals surface area contributed by atoms with Gasteiger partial charge in [-0.2, -0.15) is 0 Å². The molecule has 0 fully saturated rings. The summed E-state index contributed by atoms with van der Waals surface area (Å²) in [6.07, 6.45) is 0. The van der Waals surface area contributed by atoms with Crippen molar-refractivity contribution in [2.45, 2.75) is 0 Å². The zero-order chi connectivity index (χ0) is 11.3. The van der Waals surface area contributed by atoms with E-state index in [1.54, 1.807) is 24.3 Å². The molecule has 0 N–H and O–H groups in total. The van der Waals surface area contributed by atoms with Crippen molar-refractivity contribution in [3.8, 4) is 0 Å². The number of rotatable bonds is 5. The predicted molar refractivity (Wildman–Crippen MR) is 60.4 cm³/mol. The van der Waals surface area contributed by atoms with Crippen molar-refractivity contribution in [2.24, 2.45) is 0 Å². The fraction of sp³-hybridized carbons (Fsp3) is 0.200. The van der Waals surface area contributed by atoms with Gasteiger partial charge in [-0.05, 0) is 35.3 Å². The van der Waals surface area contributed by atoms with Gasteiger partial charge in [-0.15, -0.1) is 0 Å². The van der Waals surface area contributed by atoms with Gasteiger partial charge in [0.1, 0.15) is 0 Å². The molecule has 0 amide bonds. The third-order valence-corrected chi connectivity index (χ3v) is 1.99. The van der Waals surface area contributed by atoms with E-state index in [0.29, 0.717) is 0 Å². The van der Waals surface area contributed by atoms with E-state index in [4.69, 9.17) is 23.2 Å². The summed E-state index contributed by atoms with van der Waals surface area (Å²) in [5.41, 5.74) is 0.737. The zero-order valence-corrected chi connectivity index (χ0v) is 9.33. The number of benzene rings is 1. The van der Waals surface area contributed by atoms with Gasteiger partial charge in [0, 0.05) is 5.69 Å². The second kappa shape index (κ2) is 5.73. The molecule has 0 aliphatic rings. The lowest BCUT2D eigenvalue weighted by molar-refractivity contribution is -0.111. The normalized spacial score (nSPS) is 9.73. The quantitative estimate of drug-likeness (QED) is 0.746. The highest BCUT2D eigenvalue weighted by Gasteiger charge is 2.12. The Morgan fingerprint density at radius 3 is 1.87 bits per heavy atom. The maximum absolute atomic E-state index is 10.8. The molecule has 1 rings (SSSR count). The largest absolute Gasteiger partial charge is 0.354 e. The van der Waals surface area contributed by atoms with Crippen LogP contribution < -0.4 is 4.90 Å². The molecule has 1 aromatic carbocycles. The standard InChI is InChI=1S/C10H9Cl2NO2/c11-9(14)6-13(7-10(12)15)8-4-2-1-3-5-8/h1-5H,6-7H2. The maximum Gasteiger partial charge on any atom is 0.240 e. The highest BCUT2D eigenvalue weighted by atomic mass is 35.5. The summed E-state index contributed by atoms with van der Waals surface area (Å²) in [4.78, 5) is 23.1. The van der Waals surface area contributed by atoms with Crippen LogP contribution in [0.15, 0.2) is 30.3 Å². The lowest BCUT2D eigenvalue weighted by Crippen LogP contribution is -2.31. The van der Waals surface area contributed by atoms with Crippen molar-refractivity contribution in [2.75, 3.05) is 18.0 Å². The number of carbonyl (C=O) groups excluding carboxylic acids is 2. The second-order valence-corrected chi connectivity index (χ2v) is 3.74. The Kier molecular flexibility index (Phi) is 4.59. The molecule has 80 valence electrons. The molecule has 0 atom stereocenters. The molecule has 0 saturated heterocycles. The van der Waals surface area contributed by atoms with Crippen molar-refractivity contribution in [1.82, 2.24) is 0 Å². The number of halogens is 2. The van der Waals surface area contributed by atoms with Gasteiger partial charge in [-0.3, -0.25) is 9.59 Å². The van der Waals surface area contributed by atoms with Crippen LogP contribution in [0.5, 0.6) is 0 Å². The summed E-state index contributed by atoms with van der Waals surface area (Å²) in [5, 5.41) is -1.06.